The van der Waals surface area contributed by atoms with Crippen molar-refractivity contribution in [3.63, 3.8) is 0 Å². The number of amides is 1. The molecule has 2 aromatic carbocycles. The van der Waals surface area contributed by atoms with Gasteiger partial charge in [0.25, 0.3) is 5.91 Å². The molecule has 0 saturated heterocycles. The van der Waals surface area contributed by atoms with Gasteiger partial charge in [-0.25, -0.2) is 8.78 Å². The smallest absolute Gasteiger partial charge is 0.307 e. The number of carbonyl (C=O) groups excluding carboxylic acids is 2. The molecule has 0 aliphatic rings. The molecule has 0 unspecified atom stereocenters. The Morgan fingerprint density at radius 1 is 1.04 bits per heavy atom. The van der Waals surface area contributed by atoms with Crippen molar-refractivity contribution in [3.05, 3.63) is 48.0 Å². The Labute approximate surface area is 165 Å². The summed E-state index contributed by atoms with van der Waals surface area (Å²) in [6.07, 6.45) is 0.0167. The molecule has 0 radical (unpaired) electrons. The van der Waals surface area contributed by atoms with Gasteiger partial charge in [-0.05, 0) is 30.3 Å². The van der Waals surface area contributed by atoms with E-state index >= 15 is 0 Å². The summed E-state index contributed by atoms with van der Waals surface area (Å²) in [5, 5.41) is 2.58. The molecule has 28 heavy (non-hydrogen) atoms. The monoisotopic (exact) mass is 411 g/mol. The zero-order valence-corrected chi connectivity index (χ0v) is 16.1. The van der Waals surface area contributed by atoms with Crippen molar-refractivity contribution in [3.8, 4) is 11.5 Å². The summed E-state index contributed by atoms with van der Waals surface area (Å²) in [6.45, 7) is -0.455. The number of esters is 1. The zero-order valence-electron chi connectivity index (χ0n) is 15.3. The molecule has 9 heteroatoms. The van der Waals surface area contributed by atoms with E-state index in [1.807, 2.05) is 0 Å². The second kappa shape index (κ2) is 10.5. The predicted molar refractivity (Wildman–Crippen MR) is 101 cm³/mol. The van der Waals surface area contributed by atoms with Crippen LogP contribution in [0.5, 0.6) is 11.5 Å². The van der Waals surface area contributed by atoms with Gasteiger partial charge in [-0.3, -0.25) is 9.59 Å². The van der Waals surface area contributed by atoms with Gasteiger partial charge >= 0.3 is 5.97 Å². The number of hydrogen-bond donors (Lipinski definition) is 1. The number of halogens is 2. The second-order valence-electron chi connectivity index (χ2n) is 5.45. The third-order valence-electron chi connectivity index (χ3n) is 3.51. The Morgan fingerprint density at radius 2 is 1.82 bits per heavy atom. The van der Waals surface area contributed by atoms with Crippen LogP contribution in [-0.2, 0) is 14.3 Å². The van der Waals surface area contributed by atoms with E-state index in [9.17, 15) is 18.4 Å². The summed E-state index contributed by atoms with van der Waals surface area (Å²) in [6, 6.07) is 8.37. The van der Waals surface area contributed by atoms with Crippen molar-refractivity contribution in [2.24, 2.45) is 0 Å². The lowest BCUT2D eigenvalue weighted by atomic mass is 10.2. The van der Waals surface area contributed by atoms with Gasteiger partial charge in [0.15, 0.2) is 18.2 Å². The summed E-state index contributed by atoms with van der Waals surface area (Å²) in [4.78, 5) is 24.2. The minimum Gasteiger partial charge on any atom is -0.497 e. The average molecular weight is 411 g/mol. The highest BCUT2D eigenvalue weighted by Gasteiger charge is 2.12. The van der Waals surface area contributed by atoms with Gasteiger partial charge in [0.1, 0.15) is 11.5 Å². The molecule has 0 heterocycles. The molecule has 0 aliphatic carbocycles. The molecule has 1 N–H and O–H groups in total. The molecule has 0 fully saturated rings. The lowest BCUT2D eigenvalue weighted by Gasteiger charge is -2.11. The van der Waals surface area contributed by atoms with Crippen molar-refractivity contribution in [1.82, 2.24) is 0 Å². The molecule has 0 aliphatic heterocycles. The lowest BCUT2D eigenvalue weighted by molar-refractivity contribution is -0.146. The highest BCUT2D eigenvalue weighted by atomic mass is 32.2. The Kier molecular flexibility index (Phi) is 8.06. The van der Waals surface area contributed by atoms with Gasteiger partial charge in [-0.2, -0.15) is 0 Å². The fourth-order valence-electron chi connectivity index (χ4n) is 2.13. The van der Waals surface area contributed by atoms with E-state index in [4.69, 9.17) is 14.2 Å². The molecule has 2 rings (SSSR count). The molecule has 0 saturated carbocycles. The van der Waals surface area contributed by atoms with Crippen LogP contribution in [0.2, 0.25) is 0 Å². The maximum atomic E-state index is 13.1. The van der Waals surface area contributed by atoms with Gasteiger partial charge in [0.05, 0.1) is 26.3 Å². The van der Waals surface area contributed by atoms with Crippen LogP contribution in [0, 0.1) is 11.6 Å². The van der Waals surface area contributed by atoms with Crippen LogP contribution in [0.3, 0.4) is 0 Å². The van der Waals surface area contributed by atoms with Crippen molar-refractivity contribution < 1.29 is 32.6 Å². The molecule has 6 nitrogen and oxygen atoms in total. The fourth-order valence-corrected chi connectivity index (χ4v) is 2.98. The Balaban J connectivity index is 1.74. The number of hydrogen-bond acceptors (Lipinski definition) is 6. The number of benzene rings is 2. The third-order valence-corrected chi connectivity index (χ3v) is 4.51. The molecule has 2 aromatic rings. The van der Waals surface area contributed by atoms with Crippen LogP contribution in [0.25, 0.3) is 0 Å². The first kappa shape index (κ1) is 21.5. The van der Waals surface area contributed by atoms with Gasteiger partial charge in [-0.15, -0.1) is 11.8 Å². The zero-order chi connectivity index (χ0) is 20.5. The van der Waals surface area contributed by atoms with E-state index in [-0.39, 0.29) is 6.42 Å². The van der Waals surface area contributed by atoms with Gasteiger partial charge in [-0.1, -0.05) is 0 Å². The Bertz CT molecular complexity index is 847. The van der Waals surface area contributed by atoms with Crippen molar-refractivity contribution in [1.29, 1.82) is 0 Å². The molecule has 0 bridgehead atoms. The molecular weight excluding hydrogens is 392 g/mol. The number of ether oxygens (including phenoxy) is 3. The highest BCUT2D eigenvalue weighted by molar-refractivity contribution is 7.99. The molecule has 150 valence electrons. The maximum absolute atomic E-state index is 13.1. The number of anilines is 1. The van der Waals surface area contributed by atoms with Crippen molar-refractivity contribution in [2.75, 3.05) is 31.9 Å². The first-order valence-corrected chi connectivity index (χ1v) is 9.17. The van der Waals surface area contributed by atoms with E-state index < -0.39 is 30.1 Å². The quantitative estimate of drug-likeness (QED) is 0.502. The minimum absolute atomic E-state index is 0.0167. The largest absolute Gasteiger partial charge is 0.497 e. The van der Waals surface area contributed by atoms with Crippen LogP contribution < -0.4 is 14.8 Å². The normalized spacial score (nSPS) is 10.3. The topological polar surface area (TPSA) is 73.9 Å². The number of rotatable bonds is 9. The second-order valence-corrected chi connectivity index (χ2v) is 6.62. The van der Waals surface area contributed by atoms with Crippen LogP contribution in [0.1, 0.15) is 6.42 Å². The Hall–Kier alpha value is -2.81. The van der Waals surface area contributed by atoms with Gasteiger partial charge in [0, 0.05) is 16.7 Å². The number of methoxy groups -OCH3 is 2. The van der Waals surface area contributed by atoms with Crippen LogP contribution in [0.15, 0.2) is 41.3 Å². The van der Waals surface area contributed by atoms with Crippen LogP contribution in [-0.4, -0.2) is 38.5 Å². The van der Waals surface area contributed by atoms with Gasteiger partial charge in [0.2, 0.25) is 0 Å². The fraction of sp³-hybridized carbons (Fsp3) is 0.263. The lowest BCUT2D eigenvalue weighted by Crippen LogP contribution is -2.21. The number of thioether (sulfide) groups is 1. The Morgan fingerprint density at radius 3 is 2.50 bits per heavy atom. The SMILES string of the molecule is COc1ccc(NC(=O)COC(=O)CCSc2ccc(F)c(F)c2)c(OC)c1. The summed E-state index contributed by atoms with van der Waals surface area (Å²) >= 11 is 1.18. The van der Waals surface area contributed by atoms with E-state index in [2.05, 4.69) is 5.32 Å². The van der Waals surface area contributed by atoms with E-state index in [0.29, 0.717) is 27.8 Å². The third kappa shape index (κ3) is 6.41. The van der Waals surface area contributed by atoms with Crippen molar-refractivity contribution >= 4 is 29.3 Å². The van der Waals surface area contributed by atoms with Gasteiger partial charge < -0.3 is 19.5 Å². The number of nitrogens with one attached hydrogen (secondary N) is 1. The van der Waals surface area contributed by atoms with Crippen molar-refractivity contribution in [2.45, 2.75) is 11.3 Å². The summed E-state index contributed by atoms with van der Waals surface area (Å²) < 4.78 is 41.1. The summed E-state index contributed by atoms with van der Waals surface area (Å²) in [5.41, 5.74) is 0.415. The maximum Gasteiger partial charge on any atom is 0.307 e. The van der Waals surface area contributed by atoms with E-state index in [0.717, 1.165) is 12.1 Å². The van der Waals surface area contributed by atoms with Crippen LogP contribution in [0.4, 0.5) is 14.5 Å². The molecule has 1 amide bonds. The summed E-state index contributed by atoms with van der Waals surface area (Å²) in [7, 11) is 2.96. The summed E-state index contributed by atoms with van der Waals surface area (Å²) in [5.74, 6) is -1.70. The average Bonchev–Trinajstić information content (AvgIpc) is 2.69. The minimum atomic E-state index is -0.946. The molecule has 0 spiro atoms. The number of carbonyl (C=O) groups is 2. The van der Waals surface area contributed by atoms with Crippen LogP contribution >= 0.6 is 11.8 Å². The first-order chi connectivity index (χ1) is 13.4. The van der Waals surface area contributed by atoms with E-state index in [1.54, 1.807) is 18.2 Å². The predicted octanol–water partition coefficient (Wildman–Crippen LogP) is 3.65. The molecule has 0 atom stereocenters. The molecule has 0 aromatic heterocycles. The standard InChI is InChI=1S/C19H19F2NO5S/c1-25-12-3-6-16(17(9-12)26-2)22-18(23)11-27-19(24)7-8-28-13-4-5-14(20)15(21)10-13/h3-6,9-10H,7-8,11H2,1-2H3,(H,22,23). The highest BCUT2D eigenvalue weighted by Crippen LogP contribution is 2.29. The molecular formula is C19H19F2NO5S. The first-order valence-electron chi connectivity index (χ1n) is 8.18. The van der Waals surface area contributed by atoms with E-state index in [1.165, 1.54) is 32.0 Å².